The smallest absolute Gasteiger partial charge is 0.271 e. The van der Waals surface area contributed by atoms with Gasteiger partial charge in [0, 0.05) is 46.0 Å². The van der Waals surface area contributed by atoms with Crippen LogP contribution in [0.3, 0.4) is 0 Å². The molecule has 0 spiro atoms. The second-order valence-electron chi connectivity index (χ2n) is 10.2. The van der Waals surface area contributed by atoms with Crippen molar-refractivity contribution in [2.45, 2.75) is 65.8 Å². The van der Waals surface area contributed by atoms with Crippen molar-refractivity contribution in [2.24, 2.45) is 5.10 Å². The van der Waals surface area contributed by atoms with E-state index in [2.05, 4.69) is 85.8 Å². The maximum absolute atomic E-state index is 12.7. The largest absolute Gasteiger partial charge is 0.366 e. The van der Waals surface area contributed by atoms with Crippen LogP contribution >= 0.6 is 11.6 Å². The quantitative estimate of drug-likeness (QED) is 0.298. The summed E-state index contributed by atoms with van der Waals surface area (Å²) in [6.45, 7) is 14.2. The molecule has 1 N–H and O–H groups in total. The van der Waals surface area contributed by atoms with Crippen LogP contribution in [0.4, 0.5) is 5.69 Å². The molecule has 0 radical (unpaired) electrons. The fourth-order valence-corrected chi connectivity index (χ4v) is 5.54. The number of hydrogen-bond acceptors (Lipinski definition) is 3. The van der Waals surface area contributed by atoms with Crippen molar-refractivity contribution in [1.82, 2.24) is 9.99 Å². The molecule has 2 aromatic carbocycles. The summed E-state index contributed by atoms with van der Waals surface area (Å²) in [5, 5.41) is 4.84. The molecule has 35 heavy (non-hydrogen) atoms. The molecule has 5 nitrogen and oxygen atoms in total. The highest BCUT2D eigenvalue weighted by Crippen LogP contribution is 2.45. The lowest BCUT2D eigenvalue weighted by atomic mass is 9.79. The van der Waals surface area contributed by atoms with E-state index in [0.717, 1.165) is 42.0 Å². The average Bonchev–Trinajstić information content (AvgIpc) is 3.15. The molecule has 1 amide bonds. The van der Waals surface area contributed by atoms with E-state index in [1.165, 1.54) is 11.3 Å². The summed E-state index contributed by atoms with van der Waals surface area (Å²) in [7, 11) is 0. The first kappa shape index (κ1) is 25.1. The van der Waals surface area contributed by atoms with E-state index in [9.17, 15) is 4.79 Å². The van der Waals surface area contributed by atoms with Crippen LogP contribution in [0.2, 0.25) is 5.02 Å². The van der Waals surface area contributed by atoms with Gasteiger partial charge >= 0.3 is 0 Å². The molecule has 1 unspecified atom stereocenters. The van der Waals surface area contributed by atoms with Gasteiger partial charge in [0.25, 0.3) is 5.91 Å². The van der Waals surface area contributed by atoms with Crippen LogP contribution < -0.4 is 10.3 Å². The van der Waals surface area contributed by atoms with Gasteiger partial charge in [-0.3, -0.25) is 4.79 Å². The lowest BCUT2D eigenvalue weighted by Crippen LogP contribution is -2.48. The molecule has 1 aliphatic heterocycles. The van der Waals surface area contributed by atoms with Crippen LogP contribution in [0.5, 0.6) is 0 Å². The molecule has 1 aliphatic rings. The van der Waals surface area contributed by atoms with Gasteiger partial charge in [0.1, 0.15) is 0 Å². The predicted molar refractivity (Wildman–Crippen MR) is 147 cm³/mol. The molecule has 0 saturated carbocycles. The highest BCUT2D eigenvalue weighted by atomic mass is 35.5. The Kier molecular flexibility index (Phi) is 7.09. The van der Waals surface area contributed by atoms with E-state index in [1.807, 2.05) is 24.3 Å². The second-order valence-corrected chi connectivity index (χ2v) is 10.6. The van der Waals surface area contributed by atoms with E-state index in [0.29, 0.717) is 16.5 Å². The molecule has 3 aromatic rings. The topological polar surface area (TPSA) is 49.6 Å². The summed E-state index contributed by atoms with van der Waals surface area (Å²) < 4.78 is 2.15. The van der Waals surface area contributed by atoms with Crippen LogP contribution in [0.15, 0.2) is 53.6 Å². The van der Waals surface area contributed by atoms with Crippen LogP contribution in [0.1, 0.15) is 79.3 Å². The summed E-state index contributed by atoms with van der Waals surface area (Å²) >= 11 is 6.66. The van der Waals surface area contributed by atoms with Gasteiger partial charge in [-0.05, 0) is 101 Å². The van der Waals surface area contributed by atoms with E-state index < -0.39 is 0 Å². The number of nitrogens with zero attached hydrogens (tertiary/aromatic N) is 3. The first-order valence-electron chi connectivity index (χ1n) is 12.3. The van der Waals surface area contributed by atoms with Crippen molar-refractivity contribution in [3.8, 4) is 5.69 Å². The molecule has 0 saturated heterocycles. The number of aromatic nitrogens is 1. The SMILES string of the molecule is CCCN1c2cc(Cl)c(/C=N\NC(=O)c3ccc(-n4c(C)ccc4C)cc3)cc2C(C)CC1(C)C. The Hall–Kier alpha value is -3.05. The minimum atomic E-state index is -0.257. The molecule has 184 valence electrons. The molecule has 0 aliphatic carbocycles. The van der Waals surface area contributed by atoms with Gasteiger partial charge in [0.05, 0.1) is 11.2 Å². The maximum atomic E-state index is 12.7. The minimum absolute atomic E-state index is 0.0869. The van der Waals surface area contributed by atoms with E-state index >= 15 is 0 Å². The first-order valence-corrected chi connectivity index (χ1v) is 12.7. The fourth-order valence-electron chi connectivity index (χ4n) is 5.33. The predicted octanol–water partition coefficient (Wildman–Crippen LogP) is 7.01. The average molecular weight is 491 g/mol. The summed E-state index contributed by atoms with van der Waals surface area (Å²) in [5.41, 5.74) is 9.91. The Labute approximate surface area is 213 Å². The lowest BCUT2D eigenvalue weighted by molar-refractivity contribution is 0.0955. The van der Waals surface area contributed by atoms with Crippen molar-refractivity contribution in [1.29, 1.82) is 0 Å². The number of aryl methyl sites for hydroxylation is 2. The number of benzene rings is 2. The summed E-state index contributed by atoms with van der Waals surface area (Å²) in [6, 6.07) is 15.9. The Morgan fingerprint density at radius 2 is 1.80 bits per heavy atom. The molecule has 2 heterocycles. The summed E-state index contributed by atoms with van der Waals surface area (Å²) in [6.07, 6.45) is 3.79. The van der Waals surface area contributed by atoms with E-state index in [4.69, 9.17) is 11.6 Å². The Bertz CT molecular complexity index is 1240. The van der Waals surface area contributed by atoms with Crippen LogP contribution in [-0.2, 0) is 0 Å². The zero-order chi connectivity index (χ0) is 25.3. The Balaban J connectivity index is 1.50. The van der Waals surface area contributed by atoms with Crippen LogP contribution in [0.25, 0.3) is 5.69 Å². The number of halogens is 1. The number of fused-ring (bicyclic) bond motifs is 1. The standard InChI is InChI=1S/C29H35ClN4O/c1-7-14-33-27-16-26(30)23(15-25(27)19(2)17-29(33,5)6)18-31-32-28(35)22-10-12-24(13-11-22)34-20(3)8-9-21(34)4/h8-13,15-16,18-19H,7,14,17H2,1-6H3,(H,32,35)/b31-18-. The van der Waals surface area contributed by atoms with Gasteiger partial charge < -0.3 is 9.47 Å². The third-order valence-corrected chi connectivity index (χ3v) is 7.31. The highest BCUT2D eigenvalue weighted by Gasteiger charge is 2.36. The zero-order valence-electron chi connectivity index (χ0n) is 21.5. The highest BCUT2D eigenvalue weighted by molar-refractivity contribution is 6.33. The third kappa shape index (κ3) is 5.01. The minimum Gasteiger partial charge on any atom is -0.366 e. The Morgan fingerprint density at radius 1 is 1.14 bits per heavy atom. The number of carbonyl (C=O) groups is 1. The number of carbonyl (C=O) groups excluding carboxylic acids is 1. The van der Waals surface area contributed by atoms with Crippen molar-refractivity contribution < 1.29 is 4.79 Å². The zero-order valence-corrected chi connectivity index (χ0v) is 22.3. The van der Waals surface area contributed by atoms with Crippen molar-refractivity contribution >= 4 is 29.4 Å². The number of nitrogens with one attached hydrogen (secondary N) is 1. The summed E-state index contributed by atoms with van der Waals surface area (Å²) in [5.74, 6) is 0.158. The molecular weight excluding hydrogens is 456 g/mol. The molecule has 0 fully saturated rings. The monoisotopic (exact) mass is 490 g/mol. The summed E-state index contributed by atoms with van der Waals surface area (Å²) in [4.78, 5) is 15.1. The molecular formula is C29H35ClN4O. The van der Waals surface area contributed by atoms with Crippen LogP contribution in [-0.4, -0.2) is 28.8 Å². The van der Waals surface area contributed by atoms with Gasteiger partial charge in [-0.2, -0.15) is 5.10 Å². The second kappa shape index (κ2) is 9.90. The number of hydrazone groups is 1. The van der Waals surface area contributed by atoms with Crippen LogP contribution in [0, 0.1) is 13.8 Å². The van der Waals surface area contributed by atoms with Gasteiger partial charge in [0.2, 0.25) is 0 Å². The maximum Gasteiger partial charge on any atom is 0.271 e. The van der Waals surface area contributed by atoms with Gasteiger partial charge in [-0.25, -0.2) is 5.43 Å². The lowest BCUT2D eigenvalue weighted by Gasteiger charge is -2.47. The fraction of sp³-hybridized carbons (Fsp3) is 0.379. The number of hydrogen-bond donors (Lipinski definition) is 1. The molecule has 4 rings (SSSR count). The molecule has 0 bridgehead atoms. The third-order valence-electron chi connectivity index (χ3n) is 6.98. The molecule has 6 heteroatoms. The molecule has 1 aromatic heterocycles. The van der Waals surface area contributed by atoms with Gasteiger partial charge in [-0.15, -0.1) is 0 Å². The first-order chi connectivity index (χ1) is 16.6. The van der Waals surface area contributed by atoms with Crippen molar-refractivity contribution in [3.63, 3.8) is 0 Å². The number of amides is 1. The normalized spacial score (nSPS) is 17.0. The van der Waals surface area contributed by atoms with E-state index in [1.54, 1.807) is 6.21 Å². The number of anilines is 1. The number of rotatable bonds is 6. The van der Waals surface area contributed by atoms with E-state index in [-0.39, 0.29) is 11.4 Å². The van der Waals surface area contributed by atoms with Crippen molar-refractivity contribution in [3.05, 3.63) is 81.6 Å². The van der Waals surface area contributed by atoms with Gasteiger partial charge in [-0.1, -0.05) is 25.4 Å². The molecule has 1 atom stereocenters. The van der Waals surface area contributed by atoms with Gasteiger partial charge in [0.15, 0.2) is 0 Å². The Morgan fingerprint density at radius 3 is 2.43 bits per heavy atom. The van der Waals surface area contributed by atoms with Crippen molar-refractivity contribution in [2.75, 3.05) is 11.4 Å².